The second-order valence-electron chi connectivity index (χ2n) is 6.70. The molecular formula is C16H20ClNO2. The van der Waals surface area contributed by atoms with Crippen molar-refractivity contribution < 1.29 is 9.47 Å². The average molecular weight is 294 g/mol. The van der Waals surface area contributed by atoms with Gasteiger partial charge in [-0.1, -0.05) is 18.0 Å². The minimum atomic E-state index is 0.103. The molecule has 4 heteroatoms. The Morgan fingerprint density at radius 1 is 1.10 bits per heavy atom. The third-order valence-electron chi connectivity index (χ3n) is 5.34. The van der Waals surface area contributed by atoms with E-state index >= 15 is 0 Å². The fourth-order valence-corrected chi connectivity index (χ4v) is 3.56. The normalized spacial score (nSPS) is 24.9. The van der Waals surface area contributed by atoms with Gasteiger partial charge in [0.2, 0.25) is 0 Å². The van der Waals surface area contributed by atoms with Crippen molar-refractivity contribution in [2.45, 2.75) is 37.5 Å². The number of fused-ring (bicyclic) bond motifs is 1. The molecule has 0 saturated heterocycles. The molecular weight excluding hydrogens is 274 g/mol. The lowest BCUT2D eigenvalue weighted by Gasteiger charge is -2.41. The topological polar surface area (TPSA) is 44.5 Å². The van der Waals surface area contributed by atoms with Crippen LogP contribution in [0.3, 0.4) is 0 Å². The fourth-order valence-electron chi connectivity index (χ4n) is 3.30. The lowest BCUT2D eigenvalue weighted by molar-refractivity contribution is 0.197. The maximum Gasteiger partial charge on any atom is 0.179 e. The minimum Gasteiger partial charge on any atom is -0.489 e. The molecule has 2 fully saturated rings. The number of hydrogen-bond donors (Lipinski definition) is 1. The van der Waals surface area contributed by atoms with E-state index in [9.17, 15) is 0 Å². The second-order valence-corrected chi connectivity index (χ2v) is 7.11. The summed E-state index contributed by atoms with van der Waals surface area (Å²) in [5.41, 5.74) is 7.55. The second kappa shape index (κ2) is 4.28. The van der Waals surface area contributed by atoms with Crippen molar-refractivity contribution in [2.75, 3.05) is 19.8 Å². The van der Waals surface area contributed by atoms with E-state index in [1.165, 1.54) is 24.8 Å². The van der Waals surface area contributed by atoms with Crippen LogP contribution in [0, 0.1) is 5.41 Å². The molecule has 0 bridgehead atoms. The molecule has 4 rings (SSSR count). The van der Waals surface area contributed by atoms with Crippen LogP contribution in [0.2, 0.25) is 5.02 Å². The summed E-state index contributed by atoms with van der Waals surface area (Å²) >= 11 is 6.43. The molecule has 0 aromatic heterocycles. The van der Waals surface area contributed by atoms with E-state index in [0.29, 0.717) is 17.3 Å². The third kappa shape index (κ3) is 1.83. The highest BCUT2D eigenvalue weighted by atomic mass is 35.5. The van der Waals surface area contributed by atoms with E-state index in [2.05, 4.69) is 6.07 Å². The lowest BCUT2D eigenvalue weighted by Crippen LogP contribution is -2.41. The zero-order valence-corrected chi connectivity index (χ0v) is 12.3. The van der Waals surface area contributed by atoms with Gasteiger partial charge < -0.3 is 15.2 Å². The van der Waals surface area contributed by atoms with Gasteiger partial charge in [-0.25, -0.2) is 0 Å². The van der Waals surface area contributed by atoms with Crippen molar-refractivity contribution >= 4 is 11.6 Å². The predicted molar refractivity (Wildman–Crippen MR) is 78.7 cm³/mol. The van der Waals surface area contributed by atoms with E-state index in [4.69, 9.17) is 26.8 Å². The Kier molecular flexibility index (Phi) is 2.74. The summed E-state index contributed by atoms with van der Waals surface area (Å²) in [6, 6.07) is 4.13. The van der Waals surface area contributed by atoms with Crippen LogP contribution in [-0.4, -0.2) is 19.8 Å². The molecule has 1 aromatic carbocycles. The molecule has 2 N–H and O–H groups in total. The molecule has 1 heterocycles. The standard InChI is InChI=1S/C16H20ClNO2/c17-12-6-11(16(8-18)2-1-3-16)7-13-14(12)20-10-15(4-5-15)9-19-13/h6-7H,1-5,8-10,18H2. The minimum absolute atomic E-state index is 0.103. The number of ether oxygens (including phenoxy) is 2. The molecule has 2 aliphatic carbocycles. The van der Waals surface area contributed by atoms with Crippen LogP contribution in [0.25, 0.3) is 0 Å². The van der Waals surface area contributed by atoms with Gasteiger partial charge in [0, 0.05) is 17.4 Å². The average Bonchev–Trinajstić information content (AvgIpc) is 3.17. The van der Waals surface area contributed by atoms with E-state index < -0.39 is 0 Å². The highest BCUT2D eigenvalue weighted by Gasteiger charge is 2.47. The van der Waals surface area contributed by atoms with Gasteiger partial charge in [-0.05, 0) is 43.4 Å². The highest BCUT2D eigenvalue weighted by Crippen LogP contribution is 2.52. The summed E-state index contributed by atoms with van der Waals surface area (Å²) in [5.74, 6) is 1.52. The predicted octanol–water partition coefficient (Wildman–Crippen LogP) is 3.27. The van der Waals surface area contributed by atoms with Gasteiger partial charge in [0.25, 0.3) is 0 Å². The maximum atomic E-state index is 6.43. The van der Waals surface area contributed by atoms with Gasteiger partial charge >= 0.3 is 0 Å². The van der Waals surface area contributed by atoms with Gasteiger partial charge in [-0.15, -0.1) is 0 Å². The molecule has 3 aliphatic rings. The van der Waals surface area contributed by atoms with Crippen molar-refractivity contribution in [3.8, 4) is 11.5 Å². The highest BCUT2D eigenvalue weighted by molar-refractivity contribution is 6.32. The number of nitrogens with two attached hydrogens (primary N) is 1. The first-order valence-corrected chi connectivity index (χ1v) is 7.84. The fraction of sp³-hybridized carbons (Fsp3) is 0.625. The van der Waals surface area contributed by atoms with Crippen LogP contribution in [-0.2, 0) is 5.41 Å². The Morgan fingerprint density at radius 3 is 2.45 bits per heavy atom. The molecule has 2 saturated carbocycles. The van der Waals surface area contributed by atoms with Gasteiger partial charge in [-0.3, -0.25) is 0 Å². The van der Waals surface area contributed by atoms with Gasteiger partial charge in [0.05, 0.1) is 18.2 Å². The SMILES string of the molecule is NCC1(c2cc(Cl)c3c(c2)OCC2(CC2)CO3)CCC1. The van der Waals surface area contributed by atoms with E-state index in [1.54, 1.807) is 0 Å². The molecule has 0 atom stereocenters. The Balaban J connectivity index is 1.71. The van der Waals surface area contributed by atoms with Crippen LogP contribution in [0.4, 0.5) is 0 Å². The monoisotopic (exact) mass is 293 g/mol. The summed E-state index contributed by atoms with van der Waals surface area (Å²) < 4.78 is 11.9. The molecule has 108 valence electrons. The molecule has 0 radical (unpaired) electrons. The molecule has 0 amide bonds. The van der Waals surface area contributed by atoms with Gasteiger partial charge in [0.1, 0.15) is 0 Å². The Bertz CT molecular complexity index is 544. The van der Waals surface area contributed by atoms with E-state index in [-0.39, 0.29) is 10.8 Å². The molecule has 20 heavy (non-hydrogen) atoms. The zero-order valence-electron chi connectivity index (χ0n) is 11.6. The number of hydrogen-bond acceptors (Lipinski definition) is 3. The van der Waals surface area contributed by atoms with Crippen LogP contribution < -0.4 is 15.2 Å². The summed E-state index contributed by atoms with van der Waals surface area (Å²) in [4.78, 5) is 0. The molecule has 0 unspecified atom stereocenters. The van der Waals surface area contributed by atoms with Crippen LogP contribution in [0.15, 0.2) is 12.1 Å². The van der Waals surface area contributed by atoms with Gasteiger partial charge in [-0.2, -0.15) is 0 Å². The Morgan fingerprint density at radius 2 is 1.85 bits per heavy atom. The van der Waals surface area contributed by atoms with Crippen molar-refractivity contribution in [3.63, 3.8) is 0 Å². The smallest absolute Gasteiger partial charge is 0.179 e. The van der Waals surface area contributed by atoms with Crippen molar-refractivity contribution in [2.24, 2.45) is 11.1 Å². The summed E-state index contributed by atoms with van der Waals surface area (Å²) in [6.07, 6.45) is 5.91. The van der Waals surface area contributed by atoms with E-state index in [0.717, 1.165) is 31.8 Å². The first kappa shape index (κ1) is 12.8. The zero-order chi connectivity index (χ0) is 13.8. The van der Waals surface area contributed by atoms with Crippen LogP contribution in [0.5, 0.6) is 11.5 Å². The van der Waals surface area contributed by atoms with E-state index in [1.807, 2.05) is 6.07 Å². The number of rotatable bonds is 2. The number of halogens is 1. The third-order valence-corrected chi connectivity index (χ3v) is 5.62. The van der Waals surface area contributed by atoms with Crippen LogP contribution >= 0.6 is 11.6 Å². The summed E-state index contributed by atoms with van der Waals surface area (Å²) in [5, 5.41) is 0.662. The van der Waals surface area contributed by atoms with Crippen molar-refractivity contribution in [3.05, 3.63) is 22.7 Å². The Hall–Kier alpha value is -0.930. The largest absolute Gasteiger partial charge is 0.489 e. The molecule has 3 nitrogen and oxygen atoms in total. The van der Waals surface area contributed by atoms with Crippen LogP contribution in [0.1, 0.15) is 37.7 Å². The lowest BCUT2D eigenvalue weighted by atomic mass is 9.64. The van der Waals surface area contributed by atoms with Crippen molar-refractivity contribution in [1.82, 2.24) is 0 Å². The van der Waals surface area contributed by atoms with Crippen molar-refractivity contribution in [1.29, 1.82) is 0 Å². The quantitative estimate of drug-likeness (QED) is 0.910. The summed E-state index contributed by atoms with van der Waals surface area (Å²) in [6.45, 7) is 2.14. The molecule has 1 aliphatic heterocycles. The molecule has 1 aromatic rings. The Labute approximate surface area is 124 Å². The summed E-state index contributed by atoms with van der Waals surface area (Å²) in [7, 11) is 0. The first-order chi connectivity index (χ1) is 9.66. The van der Waals surface area contributed by atoms with Gasteiger partial charge in [0.15, 0.2) is 11.5 Å². The number of benzene rings is 1. The first-order valence-electron chi connectivity index (χ1n) is 7.46. The maximum absolute atomic E-state index is 6.43. The molecule has 1 spiro atoms.